The minimum Gasteiger partial charge on any atom is -0.507 e. The number of aryl methyl sites for hydroxylation is 2. The van der Waals surface area contributed by atoms with Crippen molar-refractivity contribution < 1.29 is 9.52 Å². The zero-order valence-electron chi connectivity index (χ0n) is 10.7. The van der Waals surface area contributed by atoms with Crippen molar-refractivity contribution in [2.45, 2.75) is 13.8 Å². The molecule has 0 saturated carbocycles. The summed E-state index contributed by atoms with van der Waals surface area (Å²) in [5.41, 5.74) is 8.00. The first-order valence-electron chi connectivity index (χ1n) is 5.93. The number of fused-ring (bicyclic) bond motifs is 3. The topological polar surface area (TPSA) is 76.5 Å². The van der Waals surface area contributed by atoms with Crippen LogP contribution in [0.15, 0.2) is 33.5 Å². The first kappa shape index (κ1) is 11.6. The summed E-state index contributed by atoms with van der Waals surface area (Å²) in [5.74, 6) is -0.0538. The first-order valence-corrected chi connectivity index (χ1v) is 5.93. The average Bonchev–Trinajstić information content (AvgIpc) is 2.25. The summed E-state index contributed by atoms with van der Waals surface area (Å²) < 4.78 is 5.26. The summed E-state index contributed by atoms with van der Waals surface area (Å²) in [6.07, 6.45) is 0. The number of anilines is 1. The van der Waals surface area contributed by atoms with Gasteiger partial charge in [0.2, 0.25) is 0 Å². The molecule has 3 aromatic rings. The first-order chi connectivity index (χ1) is 8.97. The van der Waals surface area contributed by atoms with E-state index in [0.29, 0.717) is 16.7 Å². The highest BCUT2D eigenvalue weighted by atomic mass is 16.4. The minimum absolute atomic E-state index is 0.0538. The molecule has 2 aromatic carbocycles. The molecule has 0 bridgehead atoms. The van der Waals surface area contributed by atoms with Gasteiger partial charge in [-0.15, -0.1) is 0 Å². The molecular formula is C15H13NO3. The maximum absolute atomic E-state index is 12.0. The van der Waals surface area contributed by atoms with E-state index in [2.05, 4.69) is 0 Å². The standard InChI is InChI=1S/C15H13NO3/c1-7-3-10-13-8(2)5-9(16)6-12(13)19-15(18)14(10)11(17)4-7/h3-6,17H,16H2,1-2H3. The smallest absolute Gasteiger partial charge is 0.347 e. The molecule has 0 aliphatic rings. The molecular weight excluding hydrogens is 242 g/mol. The van der Waals surface area contributed by atoms with Crippen molar-refractivity contribution in [2.24, 2.45) is 0 Å². The van der Waals surface area contributed by atoms with Gasteiger partial charge in [-0.1, -0.05) is 6.07 Å². The van der Waals surface area contributed by atoms with Gasteiger partial charge in [-0.25, -0.2) is 4.79 Å². The lowest BCUT2D eigenvalue weighted by molar-refractivity contribution is 0.477. The van der Waals surface area contributed by atoms with Crippen LogP contribution in [-0.2, 0) is 0 Å². The van der Waals surface area contributed by atoms with Crippen LogP contribution in [0.3, 0.4) is 0 Å². The highest BCUT2D eigenvalue weighted by molar-refractivity contribution is 6.08. The van der Waals surface area contributed by atoms with Crippen LogP contribution >= 0.6 is 0 Å². The van der Waals surface area contributed by atoms with E-state index in [1.165, 1.54) is 0 Å². The van der Waals surface area contributed by atoms with Crippen LogP contribution in [0.4, 0.5) is 5.69 Å². The fraction of sp³-hybridized carbons (Fsp3) is 0.133. The number of rotatable bonds is 0. The van der Waals surface area contributed by atoms with E-state index in [4.69, 9.17) is 10.2 Å². The van der Waals surface area contributed by atoms with Gasteiger partial charge < -0.3 is 15.3 Å². The SMILES string of the molecule is Cc1cc(O)c2c(=O)oc3cc(N)cc(C)c3c2c1. The third-order valence-corrected chi connectivity index (χ3v) is 3.26. The molecule has 96 valence electrons. The third-order valence-electron chi connectivity index (χ3n) is 3.26. The van der Waals surface area contributed by atoms with Gasteiger partial charge in [0.05, 0.1) is 0 Å². The fourth-order valence-corrected chi connectivity index (χ4v) is 2.54. The highest BCUT2D eigenvalue weighted by Gasteiger charge is 2.13. The number of phenolic OH excluding ortho intramolecular Hbond substituents is 1. The van der Waals surface area contributed by atoms with Gasteiger partial charge in [0, 0.05) is 22.5 Å². The van der Waals surface area contributed by atoms with Crippen molar-refractivity contribution in [2.75, 3.05) is 5.73 Å². The van der Waals surface area contributed by atoms with Crippen LogP contribution in [0.5, 0.6) is 5.75 Å². The zero-order valence-corrected chi connectivity index (χ0v) is 10.7. The Balaban J connectivity index is 2.70. The van der Waals surface area contributed by atoms with E-state index >= 15 is 0 Å². The van der Waals surface area contributed by atoms with E-state index in [9.17, 15) is 9.90 Å². The number of nitrogen functional groups attached to an aromatic ring is 1. The number of aromatic hydroxyl groups is 1. The molecule has 0 unspecified atom stereocenters. The van der Waals surface area contributed by atoms with Crippen LogP contribution < -0.4 is 11.4 Å². The maximum atomic E-state index is 12.0. The van der Waals surface area contributed by atoms with E-state index in [-0.39, 0.29) is 11.1 Å². The van der Waals surface area contributed by atoms with Crippen LogP contribution in [0.25, 0.3) is 21.7 Å². The van der Waals surface area contributed by atoms with Crippen molar-refractivity contribution in [3.8, 4) is 5.75 Å². The van der Waals surface area contributed by atoms with Crippen molar-refractivity contribution in [1.82, 2.24) is 0 Å². The molecule has 4 heteroatoms. The summed E-state index contributed by atoms with van der Waals surface area (Å²) >= 11 is 0. The normalized spacial score (nSPS) is 11.3. The Hall–Kier alpha value is -2.49. The molecule has 3 N–H and O–H groups in total. The molecule has 0 fully saturated rings. The molecule has 4 nitrogen and oxygen atoms in total. The number of benzene rings is 2. The second-order valence-electron chi connectivity index (χ2n) is 4.81. The van der Waals surface area contributed by atoms with Gasteiger partial charge in [-0.05, 0) is 37.1 Å². The Labute approximate surface area is 109 Å². The van der Waals surface area contributed by atoms with Crippen molar-refractivity contribution in [3.05, 3.63) is 45.8 Å². The molecule has 0 aliphatic carbocycles. The fourth-order valence-electron chi connectivity index (χ4n) is 2.54. The Kier molecular flexibility index (Phi) is 2.29. The highest BCUT2D eigenvalue weighted by Crippen LogP contribution is 2.32. The average molecular weight is 255 g/mol. The molecule has 0 amide bonds. The molecule has 0 spiro atoms. The zero-order chi connectivity index (χ0) is 13.7. The molecule has 3 rings (SSSR count). The molecule has 0 aliphatic heterocycles. The van der Waals surface area contributed by atoms with Gasteiger partial charge in [-0.3, -0.25) is 0 Å². The van der Waals surface area contributed by atoms with E-state index in [0.717, 1.165) is 16.5 Å². The van der Waals surface area contributed by atoms with Gasteiger partial charge in [0.1, 0.15) is 16.7 Å². The van der Waals surface area contributed by atoms with Gasteiger partial charge in [0.25, 0.3) is 0 Å². The minimum atomic E-state index is -0.551. The van der Waals surface area contributed by atoms with Gasteiger partial charge >= 0.3 is 5.63 Å². The van der Waals surface area contributed by atoms with Gasteiger partial charge in [-0.2, -0.15) is 0 Å². The van der Waals surface area contributed by atoms with Crippen molar-refractivity contribution in [3.63, 3.8) is 0 Å². The molecule has 0 atom stereocenters. The second-order valence-corrected chi connectivity index (χ2v) is 4.81. The summed E-state index contributed by atoms with van der Waals surface area (Å²) in [4.78, 5) is 12.0. The number of nitrogens with two attached hydrogens (primary N) is 1. The monoisotopic (exact) mass is 255 g/mol. The Morgan fingerprint density at radius 1 is 1.11 bits per heavy atom. The Morgan fingerprint density at radius 2 is 1.84 bits per heavy atom. The van der Waals surface area contributed by atoms with Crippen molar-refractivity contribution in [1.29, 1.82) is 0 Å². The lowest BCUT2D eigenvalue weighted by Gasteiger charge is -2.08. The van der Waals surface area contributed by atoms with Crippen LogP contribution in [0.1, 0.15) is 11.1 Å². The number of hydrogen-bond acceptors (Lipinski definition) is 4. The Bertz CT molecular complexity index is 878. The van der Waals surface area contributed by atoms with Crippen LogP contribution in [0, 0.1) is 13.8 Å². The largest absolute Gasteiger partial charge is 0.507 e. The summed E-state index contributed by atoms with van der Waals surface area (Å²) in [7, 11) is 0. The number of hydrogen-bond donors (Lipinski definition) is 2. The van der Waals surface area contributed by atoms with E-state index in [1.807, 2.05) is 26.0 Å². The molecule has 0 radical (unpaired) electrons. The molecule has 1 aromatic heterocycles. The molecule has 1 heterocycles. The van der Waals surface area contributed by atoms with Crippen LogP contribution in [0.2, 0.25) is 0 Å². The van der Waals surface area contributed by atoms with E-state index < -0.39 is 5.63 Å². The summed E-state index contributed by atoms with van der Waals surface area (Å²) in [6.45, 7) is 3.77. The molecule has 0 saturated heterocycles. The van der Waals surface area contributed by atoms with Crippen molar-refractivity contribution >= 4 is 27.4 Å². The predicted octanol–water partition coefficient (Wildman–Crippen LogP) is 2.85. The lowest BCUT2D eigenvalue weighted by Crippen LogP contribution is -2.02. The summed E-state index contributed by atoms with van der Waals surface area (Å²) in [6, 6.07) is 6.87. The summed E-state index contributed by atoms with van der Waals surface area (Å²) in [5, 5.41) is 11.7. The lowest BCUT2D eigenvalue weighted by atomic mass is 10.0. The third kappa shape index (κ3) is 1.64. The second kappa shape index (κ2) is 3.75. The predicted molar refractivity (Wildman–Crippen MR) is 75.5 cm³/mol. The van der Waals surface area contributed by atoms with Gasteiger partial charge in [0.15, 0.2) is 0 Å². The maximum Gasteiger partial charge on any atom is 0.347 e. The number of phenols is 1. The van der Waals surface area contributed by atoms with Crippen LogP contribution in [-0.4, -0.2) is 5.11 Å². The molecule has 19 heavy (non-hydrogen) atoms. The van der Waals surface area contributed by atoms with E-state index in [1.54, 1.807) is 12.1 Å². The quantitative estimate of drug-likeness (QED) is 0.368. The Morgan fingerprint density at radius 3 is 2.58 bits per heavy atom.